The van der Waals surface area contributed by atoms with Crippen LogP contribution < -0.4 is 5.32 Å². The maximum atomic E-state index is 5.07. The number of nitrogens with zero attached hydrogens (tertiary/aromatic N) is 5. The van der Waals surface area contributed by atoms with Crippen molar-refractivity contribution < 1.29 is 4.52 Å². The van der Waals surface area contributed by atoms with Crippen LogP contribution >= 0.6 is 0 Å². The van der Waals surface area contributed by atoms with Crippen LogP contribution in [0.1, 0.15) is 37.4 Å². The minimum absolute atomic E-state index is 0.0379. The highest BCUT2D eigenvalue weighted by Gasteiger charge is 2.13. The lowest BCUT2D eigenvalue weighted by Crippen LogP contribution is -2.21. The normalized spacial score (nSPS) is 12.9. The van der Waals surface area contributed by atoms with Gasteiger partial charge in [0.05, 0.1) is 12.6 Å². The van der Waals surface area contributed by atoms with Gasteiger partial charge in [0, 0.05) is 12.6 Å². The van der Waals surface area contributed by atoms with Gasteiger partial charge in [-0.25, -0.2) is 0 Å². The molecule has 0 saturated carbocycles. The summed E-state index contributed by atoms with van der Waals surface area (Å²) in [5.74, 6) is 2.17. The van der Waals surface area contributed by atoms with E-state index in [-0.39, 0.29) is 6.04 Å². The highest BCUT2D eigenvalue weighted by atomic mass is 16.5. The molecular weight excluding hydrogens is 256 g/mol. The molecule has 104 valence electrons. The molecule has 0 saturated heterocycles. The van der Waals surface area contributed by atoms with Crippen molar-refractivity contribution in [2.75, 3.05) is 0 Å². The molecule has 0 radical (unpaired) electrons. The number of hydrogen-bond acceptors (Lipinski definition) is 6. The Kier molecular flexibility index (Phi) is 3.42. The molecule has 3 aromatic heterocycles. The lowest BCUT2D eigenvalue weighted by Gasteiger charge is -2.10. The van der Waals surface area contributed by atoms with E-state index in [1.807, 2.05) is 42.6 Å². The van der Waals surface area contributed by atoms with Crippen LogP contribution in [0.3, 0.4) is 0 Å². The van der Waals surface area contributed by atoms with Gasteiger partial charge in [-0.3, -0.25) is 4.40 Å². The van der Waals surface area contributed by atoms with E-state index in [9.17, 15) is 0 Å². The molecule has 1 unspecified atom stereocenters. The van der Waals surface area contributed by atoms with E-state index in [4.69, 9.17) is 4.52 Å². The third-order valence-electron chi connectivity index (χ3n) is 3.11. The fourth-order valence-electron chi connectivity index (χ4n) is 2.00. The van der Waals surface area contributed by atoms with Gasteiger partial charge in [-0.05, 0) is 19.1 Å². The van der Waals surface area contributed by atoms with Crippen molar-refractivity contribution in [1.29, 1.82) is 0 Å². The maximum absolute atomic E-state index is 5.07. The SMILES string of the molecule is CCc1nc(CNC(C)c2nnc3ccccn23)no1. The number of hydrogen-bond donors (Lipinski definition) is 1. The highest BCUT2D eigenvalue weighted by molar-refractivity contribution is 5.37. The first-order valence-corrected chi connectivity index (χ1v) is 6.62. The second-order valence-electron chi connectivity index (χ2n) is 4.55. The largest absolute Gasteiger partial charge is 0.339 e. The smallest absolute Gasteiger partial charge is 0.226 e. The van der Waals surface area contributed by atoms with Crippen LogP contribution in [0.25, 0.3) is 5.65 Å². The Bertz CT molecular complexity index is 704. The van der Waals surface area contributed by atoms with Crippen molar-refractivity contribution in [2.45, 2.75) is 32.9 Å². The van der Waals surface area contributed by atoms with E-state index in [1.165, 1.54) is 0 Å². The summed E-state index contributed by atoms with van der Waals surface area (Å²) >= 11 is 0. The molecule has 0 aliphatic carbocycles. The average Bonchev–Trinajstić information content (AvgIpc) is 3.11. The molecule has 7 nitrogen and oxygen atoms in total. The average molecular weight is 272 g/mol. The third kappa shape index (κ3) is 2.39. The van der Waals surface area contributed by atoms with E-state index in [0.717, 1.165) is 17.9 Å². The molecule has 0 spiro atoms. The van der Waals surface area contributed by atoms with Gasteiger partial charge < -0.3 is 9.84 Å². The predicted molar refractivity (Wildman–Crippen MR) is 71.9 cm³/mol. The number of nitrogens with one attached hydrogen (secondary N) is 1. The van der Waals surface area contributed by atoms with E-state index in [0.29, 0.717) is 18.3 Å². The molecule has 1 N–H and O–H groups in total. The maximum Gasteiger partial charge on any atom is 0.226 e. The Labute approximate surface area is 116 Å². The molecule has 1 atom stereocenters. The minimum atomic E-state index is 0.0379. The molecule has 0 bridgehead atoms. The number of fused-ring (bicyclic) bond motifs is 1. The summed E-state index contributed by atoms with van der Waals surface area (Å²) in [4.78, 5) is 4.26. The fourth-order valence-corrected chi connectivity index (χ4v) is 2.00. The summed E-state index contributed by atoms with van der Waals surface area (Å²) in [5, 5.41) is 15.6. The minimum Gasteiger partial charge on any atom is -0.339 e. The summed E-state index contributed by atoms with van der Waals surface area (Å²) in [5.41, 5.74) is 0.837. The highest BCUT2D eigenvalue weighted by Crippen LogP contribution is 2.12. The van der Waals surface area contributed by atoms with Crippen molar-refractivity contribution in [3.05, 3.63) is 41.9 Å². The lowest BCUT2D eigenvalue weighted by atomic mass is 10.3. The Hall–Kier alpha value is -2.28. The number of aryl methyl sites for hydroxylation is 1. The van der Waals surface area contributed by atoms with Crippen LogP contribution in [-0.4, -0.2) is 24.7 Å². The third-order valence-corrected chi connectivity index (χ3v) is 3.11. The van der Waals surface area contributed by atoms with Crippen LogP contribution in [0.15, 0.2) is 28.9 Å². The van der Waals surface area contributed by atoms with Crippen molar-refractivity contribution in [2.24, 2.45) is 0 Å². The number of pyridine rings is 1. The molecule has 0 aromatic carbocycles. The molecule has 0 aliphatic heterocycles. The zero-order valence-corrected chi connectivity index (χ0v) is 11.4. The van der Waals surface area contributed by atoms with Crippen molar-refractivity contribution in [1.82, 2.24) is 30.1 Å². The van der Waals surface area contributed by atoms with Crippen LogP contribution in [-0.2, 0) is 13.0 Å². The molecule has 0 aliphatic rings. The van der Waals surface area contributed by atoms with Gasteiger partial charge in [0.1, 0.15) is 0 Å². The second kappa shape index (κ2) is 5.38. The summed E-state index contributed by atoms with van der Waals surface area (Å²) in [6.45, 7) is 4.55. The van der Waals surface area contributed by atoms with E-state index < -0.39 is 0 Å². The molecule has 3 rings (SSSR count). The molecular formula is C13H16N6O. The van der Waals surface area contributed by atoms with Gasteiger partial charge in [-0.2, -0.15) is 4.98 Å². The Balaban J connectivity index is 1.71. The summed E-state index contributed by atoms with van der Waals surface area (Å²) in [6.07, 6.45) is 2.70. The molecule has 7 heteroatoms. The van der Waals surface area contributed by atoms with Crippen LogP contribution in [0.2, 0.25) is 0 Å². The summed E-state index contributed by atoms with van der Waals surface area (Å²) in [7, 11) is 0. The molecule has 3 aromatic rings. The van der Waals surface area contributed by atoms with E-state index in [1.54, 1.807) is 0 Å². The first kappa shape index (κ1) is 12.7. The van der Waals surface area contributed by atoms with Crippen molar-refractivity contribution >= 4 is 5.65 Å². The Morgan fingerprint density at radius 1 is 1.35 bits per heavy atom. The molecule has 0 fully saturated rings. The first-order chi connectivity index (χ1) is 9.78. The molecule has 20 heavy (non-hydrogen) atoms. The molecule has 3 heterocycles. The second-order valence-corrected chi connectivity index (χ2v) is 4.55. The van der Waals surface area contributed by atoms with Crippen molar-refractivity contribution in [3.63, 3.8) is 0 Å². The number of aromatic nitrogens is 5. The van der Waals surface area contributed by atoms with Gasteiger partial charge in [0.2, 0.25) is 5.89 Å². The standard InChI is InChI=1S/C13H16N6O/c1-3-12-15-10(18-20-12)8-14-9(2)13-17-16-11-6-4-5-7-19(11)13/h4-7,9,14H,3,8H2,1-2H3. The van der Waals surface area contributed by atoms with Gasteiger partial charge in [-0.1, -0.05) is 18.1 Å². The Morgan fingerprint density at radius 3 is 3.05 bits per heavy atom. The van der Waals surface area contributed by atoms with Crippen LogP contribution in [0, 0.1) is 0 Å². The van der Waals surface area contributed by atoms with E-state index >= 15 is 0 Å². The van der Waals surface area contributed by atoms with Gasteiger partial charge in [0.25, 0.3) is 0 Å². The van der Waals surface area contributed by atoms with E-state index in [2.05, 4.69) is 25.7 Å². The topological polar surface area (TPSA) is 81.1 Å². The number of rotatable bonds is 5. The summed E-state index contributed by atoms with van der Waals surface area (Å²) < 4.78 is 7.04. The predicted octanol–water partition coefficient (Wildman–Crippen LogP) is 1.53. The van der Waals surface area contributed by atoms with Gasteiger partial charge in [0.15, 0.2) is 17.3 Å². The first-order valence-electron chi connectivity index (χ1n) is 6.62. The molecule has 0 amide bonds. The quantitative estimate of drug-likeness (QED) is 0.758. The van der Waals surface area contributed by atoms with Crippen molar-refractivity contribution in [3.8, 4) is 0 Å². The zero-order valence-electron chi connectivity index (χ0n) is 11.4. The van der Waals surface area contributed by atoms with Gasteiger partial charge >= 0.3 is 0 Å². The zero-order chi connectivity index (χ0) is 13.9. The lowest BCUT2D eigenvalue weighted by molar-refractivity contribution is 0.373. The summed E-state index contributed by atoms with van der Waals surface area (Å²) in [6, 6.07) is 5.86. The monoisotopic (exact) mass is 272 g/mol. The fraction of sp³-hybridized carbons (Fsp3) is 0.385. The van der Waals surface area contributed by atoms with Gasteiger partial charge in [-0.15, -0.1) is 10.2 Å². The van der Waals surface area contributed by atoms with Crippen LogP contribution in [0.5, 0.6) is 0 Å². The Morgan fingerprint density at radius 2 is 2.25 bits per heavy atom. The van der Waals surface area contributed by atoms with Crippen LogP contribution in [0.4, 0.5) is 0 Å².